The molecule has 0 aliphatic rings. The molecule has 0 N–H and O–H groups in total. The lowest BCUT2D eigenvalue weighted by Crippen LogP contribution is -1.76. The van der Waals surface area contributed by atoms with Crippen LogP contribution in [0, 0.1) is 0 Å². The third-order valence-corrected chi connectivity index (χ3v) is 2.15. The first-order valence-corrected chi connectivity index (χ1v) is 4.08. The lowest BCUT2D eigenvalue weighted by atomic mass is 10.2. The molecule has 11 heavy (non-hydrogen) atoms. The summed E-state index contributed by atoms with van der Waals surface area (Å²) < 4.78 is 25.1. The average Bonchev–Trinajstić information content (AvgIpc) is 1.87. The molecule has 0 fully saturated rings. The number of hydrogen-bond acceptors (Lipinski definition) is 0. The van der Waals surface area contributed by atoms with Crippen molar-refractivity contribution in [3.05, 3.63) is 33.5 Å². The molecule has 0 aromatic carbocycles. The molecule has 0 rings (SSSR count). The summed E-state index contributed by atoms with van der Waals surface area (Å²) in [5, 5.41) is 0. The zero-order valence-electron chi connectivity index (χ0n) is 6.42. The maximum Gasteiger partial charge on any atom is 0.118 e. The largest absolute Gasteiger partial charge is 0.211 e. The smallest absolute Gasteiger partial charge is 0.118 e. The topological polar surface area (TPSA) is 0 Å². The average molecular weight is 270 g/mol. The predicted octanol–water partition coefficient (Wildman–Crippen LogP) is 4.05. The molecule has 3 heteroatoms. The van der Waals surface area contributed by atoms with Crippen LogP contribution in [0.5, 0.6) is 0 Å². The lowest BCUT2D eigenvalue weighted by Gasteiger charge is -1.94. The standard InChI is InChI=1S/C8H9F2I/c1-5(6(2)9)4-8(11)7(3)10/h4H,2H2,1,3H3/b5-4-,8-7-. The second-order valence-corrected chi connectivity index (χ2v) is 3.28. The summed E-state index contributed by atoms with van der Waals surface area (Å²) in [4.78, 5) is 0. The van der Waals surface area contributed by atoms with Crippen LogP contribution in [0.15, 0.2) is 33.5 Å². The van der Waals surface area contributed by atoms with Crippen LogP contribution in [0.2, 0.25) is 0 Å². The fourth-order valence-corrected chi connectivity index (χ4v) is 0.835. The van der Waals surface area contributed by atoms with Crippen LogP contribution in [-0.2, 0) is 0 Å². The van der Waals surface area contributed by atoms with E-state index in [1.54, 1.807) is 29.5 Å². The molecule has 0 saturated heterocycles. The van der Waals surface area contributed by atoms with Gasteiger partial charge in [-0.05, 0) is 48.1 Å². The second kappa shape index (κ2) is 4.64. The Balaban J connectivity index is 4.58. The molecular formula is C8H9F2I. The van der Waals surface area contributed by atoms with Crippen LogP contribution in [0.3, 0.4) is 0 Å². The summed E-state index contributed by atoms with van der Waals surface area (Å²) in [5.41, 5.74) is 0.353. The van der Waals surface area contributed by atoms with Crippen molar-refractivity contribution in [3.63, 3.8) is 0 Å². The van der Waals surface area contributed by atoms with Crippen molar-refractivity contribution in [1.29, 1.82) is 0 Å². The molecule has 0 aromatic heterocycles. The van der Waals surface area contributed by atoms with Crippen molar-refractivity contribution >= 4 is 22.6 Å². The van der Waals surface area contributed by atoms with Gasteiger partial charge in [0.1, 0.15) is 11.7 Å². The summed E-state index contributed by atoms with van der Waals surface area (Å²) >= 11 is 1.80. The molecule has 62 valence electrons. The SMILES string of the molecule is C=C(F)/C(C)=C\C(I)=C(/C)F. The molecule has 0 bridgehead atoms. The van der Waals surface area contributed by atoms with Crippen LogP contribution in [-0.4, -0.2) is 0 Å². The first-order valence-electron chi connectivity index (χ1n) is 3.00. The normalized spacial score (nSPS) is 14.5. The van der Waals surface area contributed by atoms with Crippen molar-refractivity contribution in [1.82, 2.24) is 0 Å². The van der Waals surface area contributed by atoms with Crippen LogP contribution in [0.25, 0.3) is 0 Å². The van der Waals surface area contributed by atoms with E-state index in [0.29, 0.717) is 9.15 Å². The first kappa shape index (κ1) is 10.8. The molecule has 0 atom stereocenters. The highest BCUT2D eigenvalue weighted by molar-refractivity contribution is 14.1. The third kappa shape index (κ3) is 4.29. The van der Waals surface area contributed by atoms with E-state index in [4.69, 9.17) is 0 Å². The Morgan fingerprint density at radius 3 is 2.09 bits per heavy atom. The van der Waals surface area contributed by atoms with E-state index in [0.717, 1.165) is 0 Å². The van der Waals surface area contributed by atoms with Gasteiger partial charge in [0.2, 0.25) is 0 Å². The third-order valence-electron chi connectivity index (χ3n) is 1.10. The van der Waals surface area contributed by atoms with Crippen molar-refractivity contribution in [2.75, 3.05) is 0 Å². The highest BCUT2D eigenvalue weighted by Gasteiger charge is 1.97. The van der Waals surface area contributed by atoms with Gasteiger partial charge in [0, 0.05) is 3.58 Å². The summed E-state index contributed by atoms with van der Waals surface area (Å²) in [7, 11) is 0. The van der Waals surface area contributed by atoms with Gasteiger partial charge in [-0.15, -0.1) is 0 Å². The number of allylic oxidation sites excluding steroid dienone is 5. The highest BCUT2D eigenvalue weighted by Crippen LogP contribution is 2.19. The van der Waals surface area contributed by atoms with Crippen LogP contribution < -0.4 is 0 Å². The molecule has 0 aromatic rings. The van der Waals surface area contributed by atoms with Crippen molar-refractivity contribution in [2.45, 2.75) is 13.8 Å². The number of hydrogen-bond donors (Lipinski definition) is 0. The van der Waals surface area contributed by atoms with Crippen molar-refractivity contribution in [3.8, 4) is 0 Å². The van der Waals surface area contributed by atoms with E-state index >= 15 is 0 Å². The minimum absolute atomic E-state index is 0.314. The maximum absolute atomic E-state index is 12.4. The summed E-state index contributed by atoms with van der Waals surface area (Å²) in [6, 6.07) is 0. The Kier molecular flexibility index (Phi) is 4.56. The number of halogens is 3. The fraction of sp³-hybridized carbons (Fsp3) is 0.250. The van der Waals surface area contributed by atoms with E-state index in [1.807, 2.05) is 0 Å². The van der Waals surface area contributed by atoms with Gasteiger partial charge in [-0.3, -0.25) is 0 Å². The lowest BCUT2D eigenvalue weighted by molar-refractivity contribution is 0.638. The number of rotatable bonds is 2. The van der Waals surface area contributed by atoms with Crippen LogP contribution in [0.1, 0.15) is 13.8 Å². The van der Waals surface area contributed by atoms with E-state index < -0.39 is 5.83 Å². The molecule has 0 aliphatic carbocycles. The first-order chi connectivity index (χ1) is 4.95. The summed E-state index contributed by atoms with van der Waals surface area (Å²) in [5.74, 6) is -0.841. The van der Waals surface area contributed by atoms with Crippen molar-refractivity contribution < 1.29 is 8.78 Å². The Morgan fingerprint density at radius 2 is 1.82 bits per heavy atom. The van der Waals surface area contributed by atoms with Gasteiger partial charge in [0.05, 0.1) is 0 Å². The van der Waals surface area contributed by atoms with Crippen molar-refractivity contribution in [2.24, 2.45) is 0 Å². The zero-order chi connectivity index (χ0) is 9.02. The molecule has 0 aliphatic heterocycles. The van der Waals surface area contributed by atoms with Gasteiger partial charge >= 0.3 is 0 Å². The molecule has 0 spiro atoms. The van der Waals surface area contributed by atoms with Gasteiger partial charge in [0.15, 0.2) is 0 Å². The Bertz CT molecular complexity index is 222. The highest BCUT2D eigenvalue weighted by atomic mass is 127. The fourth-order valence-electron chi connectivity index (χ4n) is 0.368. The second-order valence-electron chi connectivity index (χ2n) is 2.11. The van der Waals surface area contributed by atoms with Gasteiger partial charge < -0.3 is 0 Å². The molecular weight excluding hydrogens is 261 g/mol. The molecule has 0 saturated carbocycles. The minimum Gasteiger partial charge on any atom is -0.211 e. The van der Waals surface area contributed by atoms with E-state index in [9.17, 15) is 8.78 Å². The van der Waals surface area contributed by atoms with Gasteiger partial charge in [0.25, 0.3) is 0 Å². The van der Waals surface area contributed by atoms with Gasteiger partial charge in [-0.2, -0.15) is 0 Å². The summed E-state index contributed by atoms with van der Waals surface area (Å²) in [6.45, 7) is 5.96. The van der Waals surface area contributed by atoms with Gasteiger partial charge in [-0.1, -0.05) is 6.58 Å². The molecule has 0 unspecified atom stereocenters. The van der Waals surface area contributed by atoms with E-state index in [-0.39, 0.29) is 5.83 Å². The molecule has 0 radical (unpaired) electrons. The molecule has 0 nitrogen and oxygen atoms in total. The predicted molar refractivity (Wildman–Crippen MR) is 51.8 cm³/mol. The van der Waals surface area contributed by atoms with Crippen LogP contribution >= 0.6 is 22.6 Å². The Hall–Kier alpha value is -0.190. The zero-order valence-corrected chi connectivity index (χ0v) is 8.58. The Labute approximate surface area is 78.8 Å². The van der Waals surface area contributed by atoms with E-state index in [2.05, 4.69) is 6.58 Å². The monoisotopic (exact) mass is 270 g/mol. The van der Waals surface area contributed by atoms with E-state index in [1.165, 1.54) is 13.0 Å². The maximum atomic E-state index is 12.4. The van der Waals surface area contributed by atoms with Crippen LogP contribution in [0.4, 0.5) is 8.78 Å². The molecule has 0 amide bonds. The minimum atomic E-state index is -0.527. The summed E-state index contributed by atoms with van der Waals surface area (Å²) in [6.07, 6.45) is 1.41. The molecule has 0 heterocycles. The van der Waals surface area contributed by atoms with Gasteiger partial charge in [-0.25, -0.2) is 8.78 Å². The quantitative estimate of drug-likeness (QED) is 0.524. The Morgan fingerprint density at radius 1 is 1.36 bits per heavy atom.